The lowest BCUT2D eigenvalue weighted by Crippen LogP contribution is -2.20. The molecule has 0 unspecified atom stereocenters. The van der Waals surface area contributed by atoms with Gasteiger partial charge in [-0.15, -0.1) is 0 Å². The summed E-state index contributed by atoms with van der Waals surface area (Å²) in [6.45, 7) is 7.66. The van der Waals surface area contributed by atoms with E-state index >= 15 is 0 Å². The fourth-order valence-corrected chi connectivity index (χ4v) is 2.78. The van der Waals surface area contributed by atoms with E-state index in [4.69, 9.17) is 9.47 Å². The van der Waals surface area contributed by atoms with Gasteiger partial charge in [0.1, 0.15) is 11.5 Å². The van der Waals surface area contributed by atoms with Gasteiger partial charge in [-0.25, -0.2) is 9.97 Å². The first-order valence-electron chi connectivity index (χ1n) is 8.99. The minimum absolute atomic E-state index is 0.0742. The maximum Gasteiger partial charge on any atom is 0.322 e. The van der Waals surface area contributed by atoms with E-state index in [1.165, 1.54) is 0 Å². The first kappa shape index (κ1) is 19.4. The van der Waals surface area contributed by atoms with E-state index in [9.17, 15) is 4.79 Å². The zero-order valence-electron chi connectivity index (χ0n) is 16.4. The molecule has 1 heterocycles. The van der Waals surface area contributed by atoms with E-state index in [0.29, 0.717) is 17.2 Å². The van der Waals surface area contributed by atoms with E-state index in [1.54, 1.807) is 24.3 Å². The number of carbonyl (C=O) groups is 1. The predicted molar refractivity (Wildman–Crippen MR) is 108 cm³/mol. The second-order valence-electron chi connectivity index (χ2n) is 6.67. The van der Waals surface area contributed by atoms with Crippen molar-refractivity contribution in [3.8, 4) is 17.5 Å². The van der Waals surface area contributed by atoms with Gasteiger partial charge in [0.05, 0.1) is 0 Å². The van der Waals surface area contributed by atoms with Gasteiger partial charge in [-0.05, 0) is 57.5 Å². The van der Waals surface area contributed by atoms with Crippen LogP contribution in [0.2, 0.25) is 0 Å². The van der Waals surface area contributed by atoms with Gasteiger partial charge in [0.15, 0.2) is 6.61 Å². The van der Waals surface area contributed by atoms with Crippen molar-refractivity contribution in [2.75, 3.05) is 11.9 Å². The fourth-order valence-electron chi connectivity index (χ4n) is 2.78. The van der Waals surface area contributed by atoms with Gasteiger partial charge in [0, 0.05) is 23.1 Å². The van der Waals surface area contributed by atoms with Crippen LogP contribution >= 0.6 is 0 Å². The molecule has 3 rings (SSSR count). The molecule has 6 heteroatoms. The maximum absolute atomic E-state index is 12.2. The second kappa shape index (κ2) is 8.52. The zero-order chi connectivity index (χ0) is 20.1. The molecule has 0 fully saturated rings. The number of rotatable bonds is 6. The molecule has 0 spiro atoms. The Labute approximate surface area is 164 Å². The average molecular weight is 377 g/mol. The van der Waals surface area contributed by atoms with Crippen molar-refractivity contribution in [2.24, 2.45) is 0 Å². The molecule has 6 nitrogen and oxygen atoms in total. The molecule has 28 heavy (non-hydrogen) atoms. The smallest absolute Gasteiger partial charge is 0.322 e. The van der Waals surface area contributed by atoms with E-state index in [-0.39, 0.29) is 18.5 Å². The summed E-state index contributed by atoms with van der Waals surface area (Å²) in [5, 5.41) is 2.81. The van der Waals surface area contributed by atoms with Crippen molar-refractivity contribution in [3.05, 3.63) is 71.0 Å². The van der Waals surface area contributed by atoms with Crippen molar-refractivity contribution < 1.29 is 14.3 Å². The third kappa shape index (κ3) is 5.30. The van der Waals surface area contributed by atoms with Crippen LogP contribution in [0.25, 0.3) is 0 Å². The molecule has 0 aliphatic heterocycles. The van der Waals surface area contributed by atoms with Crippen LogP contribution in [0.15, 0.2) is 48.5 Å². The molecule has 1 N–H and O–H groups in total. The highest BCUT2D eigenvalue weighted by atomic mass is 16.5. The van der Waals surface area contributed by atoms with Crippen LogP contribution in [0.1, 0.15) is 22.5 Å². The molecule has 3 aromatic rings. The maximum atomic E-state index is 12.2. The molecule has 144 valence electrons. The fraction of sp³-hybridized carbons (Fsp3) is 0.227. The van der Waals surface area contributed by atoms with Gasteiger partial charge < -0.3 is 14.8 Å². The second-order valence-corrected chi connectivity index (χ2v) is 6.67. The normalized spacial score (nSPS) is 10.4. The summed E-state index contributed by atoms with van der Waals surface area (Å²) < 4.78 is 11.3. The van der Waals surface area contributed by atoms with Crippen molar-refractivity contribution in [1.29, 1.82) is 0 Å². The molecule has 0 atom stereocenters. The van der Waals surface area contributed by atoms with E-state index in [1.807, 2.05) is 52.0 Å². The Kier molecular flexibility index (Phi) is 5.89. The number of hydrogen-bond donors (Lipinski definition) is 1. The molecule has 1 amide bonds. The van der Waals surface area contributed by atoms with Gasteiger partial charge in [-0.3, -0.25) is 4.79 Å². The number of aryl methyl sites for hydroxylation is 4. The largest absolute Gasteiger partial charge is 0.483 e. The van der Waals surface area contributed by atoms with E-state index in [0.717, 1.165) is 22.5 Å². The summed E-state index contributed by atoms with van der Waals surface area (Å²) in [6, 6.07) is 15.1. The summed E-state index contributed by atoms with van der Waals surface area (Å²) in [5.74, 6) is 0.989. The molecule has 0 saturated carbocycles. The molecular weight excluding hydrogens is 354 g/mol. The minimum Gasteiger partial charge on any atom is -0.483 e. The molecule has 0 bridgehead atoms. The summed E-state index contributed by atoms with van der Waals surface area (Å²) in [4.78, 5) is 20.7. The molecule has 0 aliphatic carbocycles. The van der Waals surface area contributed by atoms with Crippen LogP contribution in [-0.4, -0.2) is 22.5 Å². The Morgan fingerprint density at radius 3 is 2.43 bits per heavy atom. The number of carbonyl (C=O) groups excluding carboxylic acids is 1. The van der Waals surface area contributed by atoms with Gasteiger partial charge >= 0.3 is 6.01 Å². The van der Waals surface area contributed by atoms with Crippen molar-refractivity contribution in [1.82, 2.24) is 9.97 Å². The monoisotopic (exact) mass is 377 g/mol. The number of nitrogens with one attached hydrogen (secondary N) is 1. The third-order valence-corrected chi connectivity index (χ3v) is 3.98. The Balaban J connectivity index is 1.61. The molecular formula is C22H23N3O3. The lowest BCUT2D eigenvalue weighted by atomic mass is 10.1. The van der Waals surface area contributed by atoms with Gasteiger partial charge in [-0.2, -0.15) is 0 Å². The lowest BCUT2D eigenvalue weighted by Gasteiger charge is -2.11. The average Bonchev–Trinajstić information content (AvgIpc) is 2.60. The van der Waals surface area contributed by atoms with Crippen LogP contribution in [0.5, 0.6) is 17.5 Å². The Morgan fingerprint density at radius 2 is 1.71 bits per heavy atom. The molecule has 2 aromatic carbocycles. The number of aromatic nitrogens is 2. The number of ether oxygens (including phenoxy) is 2. The van der Waals surface area contributed by atoms with Crippen LogP contribution in [0.4, 0.5) is 5.69 Å². The Bertz CT molecular complexity index is 982. The van der Waals surface area contributed by atoms with Gasteiger partial charge in [0.2, 0.25) is 0 Å². The number of benzene rings is 2. The van der Waals surface area contributed by atoms with Crippen molar-refractivity contribution >= 4 is 11.6 Å². The topological polar surface area (TPSA) is 73.3 Å². The van der Waals surface area contributed by atoms with Crippen LogP contribution in [0, 0.1) is 27.7 Å². The summed E-state index contributed by atoms with van der Waals surface area (Å²) >= 11 is 0. The van der Waals surface area contributed by atoms with Crippen LogP contribution < -0.4 is 14.8 Å². The first-order chi connectivity index (χ1) is 13.4. The number of nitrogens with zero attached hydrogens (tertiary/aromatic N) is 2. The van der Waals surface area contributed by atoms with Crippen LogP contribution in [-0.2, 0) is 4.79 Å². The van der Waals surface area contributed by atoms with Crippen molar-refractivity contribution in [2.45, 2.75) is 27.7 Å². The predicted octanol–water partition coefficient (Wildman–Crippen LogP) is 4.52. The van der Waals surface area contributed by atoms with Crippen LogP contribution in [0.3, 0.4) is 0 Å². The number of amides is 1. The highest BCUT2D eigenvalue weighted by Gasteiger charge is 2.08. The lowest BCUT2D eigenvalue weighted by molar-refractivity contribution is -0.118. The van der Waals surface area contributed by atoms with Crippen molar-refractivity contribution in [3.63, 3.8) is 0 Å². The highest BCUT2D eigenvalue weighted by molar-refractivity contribution is 5.92. The van der Waals surface area contributed by atoms with E-state index in [2.05, 4.69) is 15.3 Å². The minimum atomic E-state index is -0.250. The molecule has 1 aromatic heterocycles. The third-order valence-electron chi connectivity index (χ3n) is 3.98. The Morgan fingerprint density at radius 1 is 0.964 bits per heavy atom. The molecule has 0 aliphatic rings. The highest BCUT2D eigenvalue weighted by Crippen LogP contribution is 2.22. The summed E-state index contributed by atoms with van der Waals surface area (Å²) in [6.07, 6.45) is 0. The van der Waals surface area contributed by atoms with Gasteiger partial charge in [0.25, 0.3) is 5.91 Å². The van der Waals surface area contributed by atoms with E-state index < -0.39 is 0 Å². The number of anilines is 1. The van der Waals surface area contributed by atoms with Gasteiger partial charge in [-0.1, -0.05) is 23.8 Å². The Hall–Kier alpha value is -3.41. The quantitative estimate of drug-likeness (QED) is 0.684. The SMILES string of the molecule is Cc1ccc(OCC(=O)Nc2cccc(Oc3nc(C)cc(C)n3)c2)c(C)c1. The first-order valence-corrected chi connectivity index (χ1v) is 8.99. The zero-order valence-corrected chi connectivity index (χ0v) is 16.4. The standard InChI is InChI=1S/C22H23N3O3/c1-14-8-9-20(15(2)10-14)27-13-21(26)25-18-6-5-7-19(12-18)28-22-23-16(3)11-17(4)24-22/h5-12H,13H2,1-4H3,(H,25,26). The molecule has 0 saturated heterocycles. The summed E-state index contributed by atoms with van der Waals surface area (Å²) in [7, 11) is 0. The number of hydrogen-bond acceptors (Lipinski definition) is 5. The summed E-state index contributed by atoms with van der Waals surface area (Å²) in [5.41, 5.74) is 4.41. The molecule has 0 radical (unpaired) electrons.